The maximum Gasteiger partial charge on any atom is 0.256 e. The third kappa shape index (κ3) is 1.54. The van der Waals surface area contributed by atoms with Gasteiger partial charge in [-0.2, -0.15) is 0 Å². The van der Waals surface area contributed by atoms with E-state index >= 15 is 0 Å². The Hall–Kier alpha value is -2.04. The van der Waals surface area contributed by atoms with Gasteiger partial charge < -0.3 is 15.3 Å². The van der Waals surface area contributed by atoms with Crippen molar-refractivity contribution in [3.8, 4) is 5.75 Å². The number of aromatic hydroxyl groups is 1. The molecule has 0 saturated carbocycles. The molecule has 3 rings (SSSR count). The second kappa shape index (κ2) is 3.73. The van der Waals surface area contributed by atoms with Crippen LogP contribution >= 0.6 is 0 Å². The van der Waals surface area contributed by atoms with E-state index < -0.39 is 0 Å². The Balaban J connectivity index is 2.09. The number of fused-ring (bicyclic) bond motifs is 2. The predicted octanol–water partition coefficient (Wildman–Crippen LogP) is 1.19. The molecule has 1 aromatic rings. The van der Waals surface area contributed by atoms with Crippen molar-refractivity contribution in [3.05, 3.63) is 23.8 Å². The van der Waals surface area contributed by atoms with E-state index in [-0.39, 0.29) is 23.6 Å². The first kappa shape index (κ1) is 11.1. The Kier molecular flexibility index (Phi) is 2.29. The van der Waals surface area contributed by atoms with Gasteiger partial charge in [0.05, 0.1) is 11.3 Å². The number of amides is 2. The Bertz CT molecular complexity index is 541. The van der Waals surface area contributed by atoms with Crippen LogP contribution in [0.4, 0.5) is 5.69 Å². The van der Waals surface area contributed by atoms with Gasteiger partial charge in [-0.3, -0.25) is 9.59 Å². The second-order valence-corrected chi connectivity index (χ2v) is 5.03. The molecule has 18 heavy (non-hydrogen) atoms. The Labute approximate surface area is 104 Å². The zero-order valence-electron chi connectivity index (χ0n) is 10.0. The third-order valence-corrected chi connectivity index (χ3v) is 3.57. The normalized spacial score (nSPS) is 26.4. The molecule has 2 heterocycles. The average molecular weight is 246 g/mol. The fraction of sp³-hybridized carbons (Fsp3) is 0.385. The van der Waals surface area contributed by atoms with E-state index in [1.54, 1.807) is 11.0 Å². The lowest BCUT2D eigenvalue weighted by Crippen LogP contribution is -2.40. The molecule has 0 aliphatic carbocycles. The molecule has 0 aromatic heterocycles. The number of phenols is 1. The van der Waals surface area contributed by atoms with Gasteiger partial charge in [0.2, 0.25) is 5.91 Å². The SMILES string of the molecule is CC1CC2C(=O)Nc3ccc(O)cc3C(=O)N2C1. The van der Waals surface area contributed by atoms with Crippen molar-refractivity contribution < 1.29 is 14.7 Å². The summed E-state index contributed by atoms with van der Waals surface area (Å²) in [7, 11) is 0. The topological polar surface area (TPSA) is 69.6 Å². The van der Waals surface area contributed by atoms with Crippen LogP contribution < -0.4 is 5.32 Å². The number of hydrogen-bond donors (Lipinski definition) is 2. The fourth-order valence-electron chi connectivity index (χ4n) is 2.71. The van der Waals surface area contributed by atoms with Gasteiger partial charge in [0.15, 0.2) is 0 Å². The van der Waals surface area contributed by atoms with Crippen LogP contribution in [0.25, 0.3) is 0 Å². The Morgan fingerprint density at radius 3 is 2.94 bits per heavy atom. The molecule has 0 spiro atoms. The molecule has 2 aliphatic rings. The van der Waals surface area contributed by atoms with Crippen LogP contribution in [0.3, 0.4) is 0 Å². The molecule has 0 bridgehead atoms. The molecule has 94 valence electrons. The maximum absolute atomic E-state index is 12.4. The number of rotatable bonds is 0. The van der Waals surface area contributed by atoms with Crippen molar-refractivity contribution in [1.29, 1.82) is 0 Å². The van der Waals surface area contributed by atoms with Crippen molar-refractivity contribution in [3.63, 3.8) is 0 Å². The molecule has 1 saturated heterocycles. The van der Waals surface area contributed by atoms with E-state index in [0.717, 1.165) is 0 Å². The van der Waals surface area contributed by atoms with Crippen LogP contribution in [-0.2, 0) is 4.79 Å². The molecule has 1 aromatic carbocycles. The molecule has 2 N–H and O–H groups in total. The minimum atomic E-state index is -0.387. The zero-order chi connectivity index (χ0) is 12.9. The zero-order valence-corrected chi connectivity index (χ0v) is 10.0. The molecule has 5 nitrogen and oxygen atoms in total. The Morgan fingerprint density at radius 1 is 1.39 bits per heavy atom. The molecule has 2 unspecified atom stereocenters. The Morgan fingerprint density at radius 2 is 2.17 bits per heavy atom. The molecule has 1 fully saturated rings. The number of phenolic OH excluding ortho intramolecular Hbond substituents is 1. The molecular weight excluding hydrogens is 232 g/mol. The van der Waals surface area contributed by atoms with E-state index in [2.05, 4.69) is 5.32 Å². The van der Waals surface area contributed by atoms with Gasteiger partial charge in [0.25, 0.3) is 5.91 Å². The summed E-state index contributed by atoms with van der Waals surface area (Å²) in [5, 5.41) is 12.2. The summed E-state index contributed by atoms with van der Waals surface area (Å²) >= 11 is 0. The maximum atomic E-state index is 12.4. The average Bonchev–Trinajstić information content (AvgIpc) is 2.69. The minimum Gasteiger partial charge on any atom is -0.508 e. The van der Waals surface area contributed by atoms with Gasteiger partial charge >= 0.3 is 0 Å². The van der Waals surface area contributed by atoms with Crippen LogP contribution in [0.5, 0.6) is 5.75 Å². The third-order valence-electron chi connectivity index (χ3n) is 3.57. The standard InChI is InChI=1S/C13H14N2O3/c1-7-4-11-12(17)14-10-3-2-8(16)5-9(10)13(18)15(11)6-7/h2-3,5,7,11,16H,4,6H2,1H3,(H,14,17). The monoisotopic (exact) mass is 246 g/mol. The lowest BCUT2D eigenvalue weighted by molar-refractivity contribution is -0.119. The largest absolute Gasteiger partial charge is 0.508 e. The molecule has 2 aliphatic heterocycles. The molecule has 5 heteroatoms. The number of anilines is 1. The van der Waals surface area contributed by atoms with E-state index in [4.69, 9.17) is 0 Å². The summed E-state index contributed by atoms with van der Waals surface area (Å²) in [5.41, 5.74) is 0.838. The second-order valence-electron chi connectivity index (χ2n) is 5.03. The van der Waals surface area contributed by atoms with Gasteiger partial charge in [-0.15, -0.1) is 0 Å². The first-order chi connectivity index (χ1) is 8.56. The summed E-state index contributed by atoms with van der Waals surface area (Å²) < 4.78 is 0. The highest BCUT2D eigenvalue weighted by atomic mass is 16.3. The van der Waals surface area contributed by atoms with Crippen molar-refractivity contribution >= 4 is 17.5 Å². The number of nitrogens with one attached hydrogen (secondary N) is 1. The number of hydrogen-bond acceptors (Lipinski definition) is 3. The van der Waals surface area contributed by atoms with Gasteiger partial charge in [0.1, 0.15) is 11.8 Å². The highest BCUT2D eigenvalue weighted by molar-refractivity contribution is 6.10. The van der Waals surface area contributed by atoms with Crippen LogP contribution in [-0.4, -0.2) is 34.4 Å². The molecule has 2 amide bonds. The van der Waals surface area contributed by atoms with Crippen molar-refractivity contribution in [2.24, 2.45) is 5.92 Å². The van der Waals surface area contributed by atoms with Gasteiger partial charge in [-0.25, -0.2) is 0 Å². The van der Waals surface area contributed by atoms with E-state index in [0.29, 0.717) is 30.1 Å². The van der Waals surface area contributed by atoms with Crippen LogP contribution in [0, 0.1) is 5.92 Å². The van der Waals surface area contributed by atoms with Crippen molar-refractivity contribution in [2.45, 2.75) is 19.4 Å². The van der Waals surface area contributed by atoms with Crippen molar-refractivity contribution in [1.82, 2.24) is 4.90 Å². The molecule has 0 radical (unpaired) electrons. The first-order valence-corrected chi connectivity index (χ1v) is 6.01. The van der Waals surface area contributed by atoms with E-state index in [9.17, 15) is 14.7 Å². The highest BCUT2D eigenvalue weighted by Crippen LogP contribution is 2.32. The first-order valence-electron chi connectivity index (χ1n) is 6.01. The lowest BCUT2D eigenvalue weighted by Gasteiger charge is -2.20. The van der Waals surface area contributed by atoms with Crippen LogP contribution in [0.1, 0.15) is 23.7 Å². The van der Waals surface area contributed by atoms with Crippen molar-refractivity contribution in [2.75, 3.05) is 11.9 Å². The summed E-state index contributed by atoms with van der Waals surface area (Å²) in [4.78, 5) is 26.1. The number of carbonyl (C=O) groups is 2. The molecule has 2 atom stereocenters. The smallest absolute Gasteiger partial charge is 0.256 e. The summed E-state index contributed by atoms with van der Waals surface area (Å²) in [6.45, 7) is 2.62. The number of nitrogens with zero attached hydrogens (tertiary/aromatic N) is 1. The predicted molar refractivity (Wildman–Crippen MR) is 65.3 cm³/mol. The lowest BCUT2D eigenvalue weighted by atomic mass is 10.1. The quantitative estimate of drug-likeness (QED) is 0.676. The highest BCUT2D eigenvalue weighted by Gasteiger charge is 2.41. The summed E-state index contributed by atoms with van der Waals surface area (Å²) in [6.07, 6.45) is 0.692. The molecular formula is C13H14N2O3. The number of benzene rings is 1. The minimum absolute atomic E-state index is 0.0297. The summed E-state index contributed by atoms with van der Waals surface area (Å²) in [6, 6.07) is 4.04. The van der Waals surface area contributed by atoms with E-state index in [1.807, 2.05) is 6.92 Å². The van der Waals surface area contributed by atoms with E-state index in [1.165, 1.54) is 12.1 Å². The van der Waals surface area contributed by atoms with Crippen LogP contribution in [0.15, 0.2) is 18.2 Å². The van der Waals surface area contributed by atoms with Gasteiger partial charge in [-0.05, 0) is 30.5 Å². The van der Waals surface area contributed by atoms with Gasteiger partial charge in [-0.1, -0.05) is 6.92 Å². The van der Waals surface area contributed by atoms with Gasteiger partial charge in [0, 0.05) is 6.54 Å². The summed E-state index contributed by atoms with van der Waals surface area (Å²) in [5.74, 6) is 0.0244. The van der Waals surface area contributed by atoms with Crippen LogP contribution in [0.2, 0.25) is 0 Å². The fourth-order valence-corrected chi connectivity index (χ4v) is 2.71. The number of carbonyl (C=O) groups excluding carboxylic acids is 2.